The number of pyridine rings is 3. The molecule has 0 spiro atoms. The van der Waals surface area contributed by atoms with Crippen molar-refractivity contribution in [2.75, 3.05) is 13.1 Å². The number of benzene rings is 1. The number of nitrogens with one attached hydrogen (secondary N) is 3. The van der Waals surface area contributed by atoms with Crippen LogP contribution in [0.5, 0.6) is 5.75 Å². The molecule has 38 heavy (non-hydrogen) atoms. The van der Waals surface area contributed by atoms with E-state index in [2.05, 4.69) is 35.5 Å². The van der Waals surface area contributed by atoms with E-state index in [4.69, 9.17) is 9.72 Å². The maximum atomic E-state index is 13.9. The van der Waals surface area contributed by atoms with Crippen molar-refractivity contribution in [2.45, 2.75) is 18.9 Å². The van der Waals surface area contributed by atoms with E-state index >= 15 is 0 Å². The highest BCUT2D eigenvalue weighted by molar-refractivity contribution is 5.96. The first kappa shape index (κ1) is 22.5. The monoisotopic (exact) mass is 506 g/mol. The van der Waals surface area contributed by atoms with Gasteiger partial charge in [0.05, 0.1) is 22.8 Å². The maximum Gasteiger partial charge on any atom is 0.181 e. The second-order valence-electron chi connectivity index (χ2n) is 9.32. The van der Waals surface area contributed by atoms with Crippen molar-refractivity contribution in [1.29, 1.82) is 0 Å². The lowest BCUT2D eigenvalue weighted by Gasteiger charge is -2.23. The van der Waals surface area contributed by atoms with E-state index in [1.807, 2.05) is 24.3 Å². The van der Waals surface area contributed by atoms with E-state index in [9.17, 15) is 4.39 Å². The van der Waals surface area contributed by atoms with Crippen LogP contribution < -0.4 is 10.1 Å². The third-order valence-electron chi connectivity index (χ3n) is 6.78. The van der Waals surface area contributed by atoms with Gasteiger partial charge in [0.15, 0.2) is 11.5 Å². The standard InChI is InChI=1S/C28H23FN8O/c29-19-3-1-2-16(10-19)24-26-23(6-9-32-24)34-28(35-26)25-22-12-18(14-33-27(22)37-36-25)17-11-21(15-31-13-17)38-20-4-7-30-8-5-20/h1-3,6,9-15,20,30H,4-5,7-8H2,(H,34,35)(H,33,36,37). The number of piperidine rings is 1. The number of hydrogen-bond acceptors (Lipinski definition) is 7. The van der Waals surface area contributed by atoms with E-state index < -0.39 is 0 Å². The molecule has 0 amide bonds. The topological polar surface area (TPSA) is 117 Å². The lowest BCUT2D eigenvalue weighted by molar-refractivity contribution is 0.162. The summed E-state index contributed by atoms with van der Waals surface area (Å²) in [5.74, 6) is 1.01. The Labute approximate surface area is 216 Å². The van der Waals surface area contributed by atoms with Gasteiger partial charge in [0.2, 0.25) is 0 Å². The van der Waals surface area contributed by atoms with Crippen molar-refractivity contribution < 1.29 is 9.13 Å². The van der Waals surface area contributed by atoms with Crippen LogP contribution in [0.3, 0.4) is 0 Å². The summed E-state index contributed by atoms with van der Waals surface area (Å²) in [5, 5.41) is 11.6. The summed E-state index contributed by atoms with van der Waals surface area (Å²) in [6.07, 6.45) is 9.15. The predicted octanol–water partition coefficient (Wildman–Crippen LogP) is 4.90. The number of ether oxygens (including phenoxy) is 1. The van der Waals surface area contributed by atoms with E-state index in [0.29, 0.717) is 33.9 Å². The first-order chi connectivity index (χ1) is 18.7. The summed E-state index contributed by atoms with van der Waals surface area (Å²) in [5.41, 5.74) is 5.75. The highest BCUT2D eigenvalue weighted by Crippen LogP contribution is 2.32. The van der Waals surface area contributed by atoms with Crippen molar-refractivity contribution in [1.82, 2.24) is 40.4 Å². The van der Waals surface area contributed by atoms with Crippen LogP contribution in [0.4, 0.5) is 4.39 Å². The molecule has 188 valence electrons. The Morgan fingerprint density at radius 1 is 0.921 bits per heavy atom. The summed E-state index contributed by atoms with van der Waals surface area (Å²) in [6, 6.07) is 12.2. The molecule has 6 aromatic rings. The Hall–Kier alpha value is -4.70. The fourth-order valence-electron chi connectivity index (χ4n) is 4.89. The molecular formula is C28H23FN8O. The van der Waals surface area contributed by atoms with Gasteiger partial charge in [0, 0.05) is 35.3 Å². The van der Waals surface area contributed by atoms with Gasteiger partial charge in [0.1, 0.15) is 28.9 Å². The number of halogens is 1. The minimum atomic E-state index is -0.324. The second-order valence-corrected chi connectivity index (χ2v) is 9.32. The molecule has 6 heterocycles. The third-order valence-corrected chi connectivity index (χ3v) is 6.78. The molecule has 7 rings (SSSR count). The molecule has 1 aliphatic heterocycles. The maximum absolute atomic E-state index is 13.9. The Kier molecular flexibility index (Phi) is 5.51. The predicted molar refractivity (Wildman–Crippen MR) is 142 cm³/mol. The highest BCUT2D eigenvalue weighted by atomic mass is 19.1. The van der Waals surface area contributed by atoms with Crippen molar-refractivity contribution in [3.8, 4) is 39.7 Å². The largest absolute Gasteiger partial charge is 0.489 e. The van der Waals surface area contributed by atoms with Crippen molar-refractivity contribution in [3.05, 3.63) is 73.1 Å². The second kappa shape index (κ2) is 9.31. The first-order valence-electron chi connectivity index (χ1n) is 12.5. The lowest BCUT2D eigenvalue weighted by atomic mass is 10.1. The molecule has 5 aromatic heterocycles. The minimum absolute atomic E-state index is 0.189. The molecule has 0 saturated carbocycles. The van der Waals surface area contributed by atoms with Gasteiger partial charge >= 0.3 is 0 Å². The summed E-state index contributed by atoms with van der Waals surface area (Å²) in [7, 11) is 0. The van der Waals surface area contributed by atoms with Gasteiger partial charge in [-0.3, -0.25) is 15.1 Å². The highest BCUT2D eigenvalue weighted by Gasteiger charge is 2.18. The quantitative estimate of drug-likeness (QED) is 0.305. The Morgan fingerprint density at radius 2 is 1.82 bits per heavy atom. The lowest BCUT2D eigenvalue weighted by Crippen LogP contribution is -2.34. The van der Waals surface area contributed by atoms with Crippen LogP contribution in [0.2, 0.25) is 0 Å². The molecule has 0 bridgehead atoms. The van der Waals surface area contributed by atoms with Gasteiger partial charge in [-0.1, -0.05) is 12.1 Å². The number of aromatic nitrogens is 7. The van der Waals surface area contributed by atoms with Crippen LogP contribution in [0.15, 0.2) is 67.3 Å². The summed E-state index contributed by atoms with van der Waals surface area (Å²) in [4.78, 5) is 21.6. The summed E-state index contributed by atoms with van der Waals surface area (Å²) < 4.78 is 20.1. The molecule has 10 heteroatoms. The van der Waals surface area contributed by atoms with Gasteiger partial charge in [0.25, 0.3) is 0 Å². The molecule has 0 radical (unpaired) electrons. The Bertz CT molecular complexity index is 1770. The zero-order chi connectivity index (χ0) is 25.5. The molecule has 1 saturated heterocycles. The van der Waals surface area contributed by atoms with Crippen LogP contribution in [-0.4, -0.2) is 54.3 Å². The van der Waals surface area contributed by atoms with Gasteiger partial charge < -0.3 is 15.0 Å². The number of hydrogen-bond donors (Lipinski definition) is 3. The summed E-state index contributed by atoms with van der Waals surface area (Å²) in [6.45, 7) is 1.92. The molecule has 1 fully saturated rings. The van der Waals surface area contributed by atoms with E-state index in [1.54, 1.807) is 30.9 Å². The van der Waals surface area contributed by atoms with Gasteiger partial charge in [-0.15, -0.1) is 0 Å². The SMILES string of the molecule is Fc1cccc(-c2nccc3[nH]c(-c4[nH]nc5ncc(-c6cncc(OC7CCNCC7)c6)cc45)nc23)c1. The molecule has 1 aromatic carbocycles. The van der Waals surface area contributed by atoms with Gasteiger partial charge in [-0.2, -0.15) is 5.10 Å². The van der Waals surface area contributed by atoms with Gasteiger partial charge in [-0.25, -0.2) is 14.4 Å². The van der Waals surface area contributed by atoms with Crippen molar-refractivity contribution >= 4 is 22.1 Å². The molecule has 1 aliphatic rings. The number of aromatic amines is 2. The number of nitrogens with zero attached hydrogens (tertiary/aromatic N) is 5. The number of H-pyrrole nitrogens is 2. The van der Waals surface area contributed by atoms with Crippen LogP contribution >= 0.6 is 0 Å². The molecule has 3 N–H and O–H groups in total. The van der Waals surface area contributed by atoms with E-state index in [0.717, 1.165) is 53.7 Å². The zero-order valence-corrected chi connectivity index (χ0v) is 20.3. The Morgan fingerprint density at radius 3 is 2.71 bits per heavy atom. The molecule has 9 nitrogen and oxygen atoms in total. The fraction of sp³-hybridized carbons (Fsp3) is 0.179. The molecule has 0 atom stereocenters. The normalized spacial score (nSPS) is 14.3. The van der Waals surface area contributed by atoms with Crippen molar-refractivity contribution in [3.63, 3.8) is 0 Å². The van der Waals surface area contributed by atoms with Crippen molar-refractivity contribution in [2.24, 2.45) is 0 Å². The third kappa shape index (κ3) is 4.14. The number of fused-ring (bicyclic) bond motifs is 2. The molecule has 0 unspecified atom stereocenters. The summed E-state index contributed by atoms with van der Waals surface area (Å²) >= 11 is 0. The van der Waals surface area contributed by atoms with Gasteiger partial charge in [-0.05, 0) is 56.3 Å². The first-order valence-corrected chi connectivity index (χ1v) is 12.5. The minimum Gasteiger partial charge on any atom is -0.489 e. The zero-order valence-electron chi connectivity index (χ0n) is 20.3. The molecule has 0 aliphatic carbocycles. The van der Waals surface area contributed by atoms with E-state index in [-0.39, 0.29) is 11.9 Å². The van der Waals surface area contributed by atoms with Crippen LogP contribution in [0.1, 0.15) is 12.8 Å². The Balaban J connectivity index is 1.26. The molecular weight excluding hydrogens is 483 g/mol. The number of rotatable bonds is 5. The average Bonchev–Trinajstić information content (AvgIpc) is 3.57. The van der Waals surface area contributed by atoms with Crippen LogP contribution in [0, 0.1) is 5.82 Å². The van der Waals surface area contributed by atoms with Crippen LogP contribution in [0.25, 0.3) is 56.0 Å². The number of imidazole rings is 1. The average molecular weight is 507 g/mol. The fourth-order valence-corrected chi connectivity index (χ4v) is 4.89. The van der Waals surface area contributed by atoms with Crippen LogP contribution in [-0.2, 0) is 0 Å². The van der Waals surface area contributed by atoms with E-state index in [1.165, 1.54) is 12.1 Å². The smallest absolute Gasteiger partial charge is 0.181 e.